The second-order valence-electron chi connectivity index (χ2n) is 29.2. The molecule has 15 rings (SSSR count). The zero-order chi connectivity index (χ0) is 76.0. The van der Waals surface area contributed by atoms with Crippen molar-refractivity contribution in [2.45, 2.75) is 198 Å². The lowest BCUT2D eigenvalue weighted by Gasteiger charge is -2.22. The van der Waals surface area contributed by atoms with E-state index in [2.05, 4.69) is 256 Å². The molecule has 0 fully saturated rings. The monoisotopic (exact) mass is 1530 g/mol. The number of aromatic nitrogens is 2. The van der Waals surface area contributed by atoms with Crippen molar-refractivity contribution >= 4 is 104 Å². The summed E-state index contributed by atoms with van der Waals surface area (Å²) in [5.74, 6) is 5.98. The molecular weight excluding hydrogens is 1420 g/mol. The first-order chi connectivity index (χ1) is 50.1. The lowest BCUT2D eigenvalue weighted by atomic mass is 9.81. The van der Waals surface area contributed by atoms with Crippen LogP contribution in [-0.2, 0) is 28.4 Å². The van der Waals surface area contributed by atoms with Crippen LogP contribution in [-0.4, -0.2) is 54.3 Å². The van der Waals surface area contributed by atoms with Crippen LogP contribution in [0.5, 0.6) is 17.2 Å². The van der Waals surface area contributed by atoms with Crippen LogP contribution >= 0.6 is 80.6 Å². The van der Waals surface area contributed by atoms with Crippen LogP contribution in [0.2, 0.25) is 0 Å². The molecule has 0 saturated heterocycles. The molecule has 105 heavy (non-hydrogen) atoms. The third kappa shape index (κ3) is 20.1. The molecule has 0 spiro atoms. The van der Waals surface area contributed by atoms with Gasteiger partial charge in [-0.25, -0.2) is 0 Å². The summed E-state index contributed by atoms with van der Waals surface area (Å²) in [7, 11) is 3.37. The van der Waals surface area contributed by atoms with Crippen molar-refractivity contribution in [3.8, 4) is 50.6 Å². The highest BCUT2D eigenvalue weighted by Crippen LogP contribution is 2.52. The number of aryl methyl sites for hydroxylation is 13. The summed E-state index contributed by atoms with van der Waals surface area (Å²) < 4.78 is 30.7. The van der Waals surface area contributed by atoms with Crippen LogP contribution < -0.4 is 14.2 Å². The molecule has 0 bridgehead atoms. The summed E-state index contributed by atoms with van der Waals surface area (Å²) in [6, 6.07) is 40.0. The van der Waals surface area contributed by atoms with Gasteiger partial charge in [0.1, 0.15) is 34.9 Å². The smallest absolute Gasteiger partial charge is 0.133 e. The Morgan fingerprint density at radius 1 is 0.467 bits per heavy atom. The number of thiophene rings is 4. The lowest BCUT2D eigenvalue weighted by molar-refractivity contribution is 0.146. The maximum atomic E-state index is 5.92. The summed E-state index contributed by atoms with van der Waals surface area (Å²) in [6.45, 7) is 47.9. The van der Waals surface area contributed by atoms with Crippen molar-refractivity contribution < 1.29 is 18.9 Å². The lowest BCUT2D eigenvalue weighted by Crippen LogP contribution is -2.15. The van der Waals surface area contributed by atoms with Gasteiger partial charge in [-0.15, -0.1) is 68.9 Å². The van der Waals surface area contributed by atoms with Gasteiger partial charge in [-0.2, -0.15) is 8.75 Å². The van der Waals surface area contributed by atoms with E-state index in [1.165, 1.54) is 162 Å². The highest BCUT2D eigenvalue weighted by Gasteiger charge is 2.37. The first kappa shape index (κ1) is 82.5. The summed E-state index contributed by atoms with van der Waals surface area (Å²) in [4.78, 5) is 14.6. The van der Waals surface area contributed by atoms with Gasteiger partial charge in [-0.3, -0.25) is 0 Å². The van der Waals surface area contributed by atoms with Gasteiger partial charge in [-0.1, -0.05) is 162 Å². The predicted octanol–water partition coefficient (Wildman–Crippen LogP) is 27.9. The Labute approximate surface area is 658 Å². The van der Waals surface area contributed by atoms with Crippen molar-refractivity contribution in [3.05, 3.63) is 233 Å². The fourth-order valence-corrected chi connectivity index (χ4v) is 21.8. The highest BCUT2D eigenvalue weighted by molar-refractivity contribution is 8.06. The Kier molecular flexibility index (Phi) is 29.5. The molecule has 1 unspecified atom stereocenters. The largest absolute Gasteiger partial charge is 0.496 e. The molecule has 13 heteroatoms. The van der Waals surface area contributed by atoms with Crippen molar-refractivity contribution in [2.75, 3.05) is 45.5 Å². The molecule has 11 aromatic rings. The topological polar surface area (TPSA) is 62.7 Å². The van der Waals surface area contributed by atoms with E-state index in [1.54, 1.807) is 56.2 Å². The third-order valence-corrected chi connectivity index (χ3v) is 27.9. The van der Waals surface area contributed by atoms with Crippen molar-refractivity contribution in [1.82, 2.24) is 8.75 Å². The van der Waals surface area contributed by atoms with Gasteiger partial charge in [0.2, 0.25) is 0 Å². The van der Waals surface area contributed by atoms with Crippen LogP contribution in [0, 0.1) is 95.9 Å². The van der Waals surface area contributed by atoms with Crippen LogP contribution in [0.25, 0.3) is 56.6 Å². The van der Waals surface area contributed by atoms with E-state index in [1.807, 2.05) is 89.6 Å². The minimum atomic E-state index is 0.0107. The number of ether oxygens (including phenoxy) is 4. The van der Waals surface area contributed by atoms with E-state index in [0.717, 1.165) is 52.4 Å². The number of allylic oxidation sites excluding steroid dienone is 2. The number of benzene rings is 6. The Hall–Kier alpha value is -6.52. The van der Waals surface area contributed by atoms with Crippen LogP contribution in [0.4, 0.5) is 0 Å². The third-order valence-electron chi connectivity index (χ3n) is 20.1. The molecule has 6 heterocycles. The molecule has 0 saturated carbocycles. The Morgan fingerprint density at radius 2 is 0.971 bits per heavy atom. The molecule has 6 aromatic carbocycles. The Bertz CT molecular complexity index is 4670. The molecule has 0 N–H and O–H groups in total. The van der Waals surface area contributed by atoms with E-state index < -0.39 is 0 Å². The Balaban J connectivity index is 0.000000146. The molecule has 6 nitrogen and oxygen atoms in total. The number of nitrogens with zero attached hydrogens (tertiary/aromatic N) is 2. The minimum Gasteiger partial charge on any atom is -0.496 e. The van der Waals surface area contributed by atoms with Gasteiger partial charge in [0.15, 0.2) is 0 Å². The van der Waals surface area contributed by atoms with Crippen molar-refractivity contribution in [2.24, 2.45) is 5.92 Å². The number of thioether (sulfide) groups is 2. The van der Waals surface area contributed by atoms with Crippen LogP contribution in [0.15, 0.2) is 131 Å². The minimum absolute atomic E-state index is 0.0107. The summed E-state index contributed by atoms with van der Waals surface area (Å²) in [6.07, 6.45) is 14.9. The summed E-state index contributed by atoms with van der Waals surface area (Å²) >= 11 is 12.9. The van der Waals surface area contributed by atoms with Gasteiger partial charge in [0.05, 0.1) is 32.1 Å². The number of hydrogen-bond donors (Lipinski definition) is 0. The summed E-state index contributed by atoms with van der Waals surface area (Å²) in [5, 5.41) is 0. The second-order valence-corrected chi connectivity index (χ2v) is 37.5. The van der Waals surface area contributed by atoms with Gasteiger partial charge in [-0.05, 0) is 250 Å². The normalized spacial score (nSPS) is 14.0. The average Bonchev–Trinajstić information content (AvgIpc) is 1.59. The maximum Gasteiger partial charge on any atom is 0.133 e. The Morgan fingerprint density at radius 3 is 1.46 bits per heavy atom. The van der Waals surface area contributed by atoms with E-state index >= 15 is 0 Å². The number of fused-ring (bicyclic) bond motifs is 9. The molecule has 5 aromatic heterocycles. The van der Waals surface area contributed by atoms with E-state index in [4.69, 9.17) is 18.9 Å². The molecule has 1 aliphatic heterocycles. The average molecular weight is 1530 g/mol. The van der Waals surface area contributed by atoms with Crippen LogP contribution in [0.1, 0.15) is 186 Å². The zero-order valence-corrected chi connectivity index (χ0v) is 72.5. The molecule has 1 atom stereocenters. The molecule has 0 amide bonds. The number of methoxy groups -OCH3 is 2. The molecule has 3 aliphatic carbocycles. The van der Waals surface area contributed by atoms with Gasteiger partial charge >= 0.3 is 0 Å². The molecule has 0 radical (unpaired) electrons. The second kappa shape index (κ2) is 37.5. The maximum absolute atomic E-state index is 5.92. The van der Waals surface area contributed by atoms with Crippen LogP contribution in [0.3, 0.4) is 0 Å². The summed E-state index contributed by atoms with van der Waals surface area (Å²) in [5.41, 5.74) is 28.0. The quantitative estimate of drug-likeness (QED) is 0.112. The molecule has 556 valence electrons. The van der Waals surface area contributed by atoms with Gasteiger partial charge in [0.25, 0.3) is 0 Å². The SMILES string of the molecule is C/C=C/c1cc(OC)c(C)cc1OCC(C)CC.C/C=C/c1sc(C)cc1C.COCCOc1cc(C)sc1C.Cc1ccc2c(c1)C(C)(C)c1cc(-c3ccc(C)c4nsnc34)ccc1-2.Cc1ccc2c(c1)C(C)(C)c1cc(C)ccc1-2.Cc1sc(C)c2c1CCCC2.Cc1sc(C)c2c1SCCS2. The fourth-order valence-electron chi connectivity index (χ4n) is 14.2. The predicted molar refractivity (Wildman–Crippen MR) is 466 cm³/mol. The fraction of sp³-hybridized carbons (Fsp3) is 0.391. The van der Waals surface area contributed by atoms with Gasteiger partial charge in [0, 0.05) is 89.4 Å². The first-order valence-corrected chi connectivity index (χ1v) is 43.1. The molecular formula is C92H112N2O4S7. The van der Waals surface area contributed by atoms with Gasteiger partial charge < -0.3 is 18.9 Å². The zero-order valence-electron chi connectivity index (χ0n) is 66.7. The number of rotatable bonds is 12. The van der Waals surface area contributed by atoms with Crippen molar-refractivity contribution in [1.29, 1.82) is 0 Å². The van der Waals surface area contributed by atoms with Crippen molar-refractivity contribution in [3.63, 3.8) is 0 Å². The first-order valence-electron chi connectivity index (χ1n) is 37.1. The van der Waals surface area contributed by atoms with E-state index in [9.17, 15) is 0 Å². The highest BCUT2D eigenvalue weighted by atomic mass is 32.2. The molecule has 4 aliphatic rings. The van der Waals surface area contributed by atoms with E-state index in [-0.39, 0.29) is 10.8 Å². The standard InChI is InChI=1S/C23H20N2S.C17H18.C16H24O2.C10H14S.C9H14O2S.C9H12S.C8H10S3/c1-13-5-8-17-18-10-7-15(12-20(18)23(3,4)19(17)11-13)16-9-6-14(2)21-22(16)25-26-24-21;1-11-5-7-13-14-8-6-12(2)10-16(14)17(3,4)15(13)9-11;1-6-8-14-10-15(17-5)13(4)9-16(14)18-11-12(3)7-2;1-7-9-5-3-4-6-10(9)8(2)11-7;1-7-6-9(8(2)12-7)11-5-4-10-3;1-4-5-9-7(2)6-8(3)10-9;1-5-7-8(6(2)11-5)10-4-3-9-7/h5-12H,1-4H3;5-10H,1-4H3;6,8-10,12H,7,11H2,1-5H3;3-6H2,1-2H3;6H,4-5H2,1-3H3;4-6H,1-3H3;3-4H2,1-2H3/b;;8-6+;;;5-4+;. The number of hydrogen-bond acceptors (Lipinski definition) is 13. The van der Waals surface area contributed by atoms with E-state index in [0.29, 0.717) is 19.1 Å².